The van der Waals surface area contributed by atoms with Crippen molar-refractivity contribution in [3.8, 4) is 0 Å². The molecule has 0 saturated carbocycles. The largest absolute Gasteiger partial charge is 0.453 e. The molecule has 56 valence electrons. The quantitative estimate of drug-likeness (QED) is 0.476. The van der Waals surface area contributed by atoms with Crippen LogP contribution >= 0.6 is 0 Å². The number of hydrogen-bond donors (Lipinski definition) is 1. The first kappa shape index (κ1) is 6.85. The predicted molar refractivity (Wildman–Crippen MR) is 32.1 cm³/mol. The van der Waals surface area contributed by atoms with Crippen molar-refractivity contribution in [1.29, 1.82) is 0 Å². The van der Waals surface area contributed by atoms with Gasteiger partial charge in [-0.05, 0) is 0 Å². The summed E-state index contributed by atoms with van der Waals surface area (Å²) in [5.74, 6) is -0.481. The van der Waals surface area contributed by atoms with E-state index in [0.717, 1.165) is 0 Å². The smallest absolute Gasteiger partial charge is 0.410 e. The fourth-order valence-corrected chi connectivity index (χ4v) is 0.702. The Morgan fingerprint density at radius 3 is 2.60 bits per heavy atom. The highest BCUT2D eigenvalue weighted by Crippen LogP contribution is 2.16. The Balaban J connectivity index is 2.38. The third-order valence-corrected chi connectivity index (χ3v) is 1.35. The first-order chi connectivity index (χ1) is 4.66. The third kappa shape index (κ3) is 1.02. The predicted octanol–water partition coefficient (Wildman–Crippen LogP) is -1.08. The van der Waals surface area contributed by atoms with Gasteiger partial charge in [0, 0.05) is 0 Å². The number of carbonyl (C=O) groups is 2. The molecule has 1 atom stereocenters. The molecule has 1 rings (SSSR count). The summed E-state index contributed by atoms with van der Waals surface area (Å²) in [5.41, 5.74) is 4.89. The number of nitrogens with two attached hydrogens (primary N) is 1. The van der Waals surface area contributed by atoms with Crippen LogP contribution in [-0.2, 0) is 9.53 Å². The zero-order chi connectivity index (χ0) is 7.72. The number of primary amides is 1. The Morgan fingerprint density at radius 2 is 2.30 bits per heavy atom. The van der Waals surface area contributed by atoms with Crippen LogP contribution in [0, 0.1) is 0 Å². The molecule has 0 aliphatic carbocycles. The molecule has 0 radical (unpaired) electrons. The molecule has 5 nitrogen and oxygen atoms in total. The maximum atomic E-state index is 10.6. The lowest BCUT2D eigenvalue weighted by atomic mass is 10.5. The van der Waals surface area contributed by atoms with Crippen LogP contribution in [0.5, 0.6) is 0 Å². The SMILES string of the molecule is COC(=O)N1CC1C(N)=O. The van der Waals surface area contributed by atoms with Crippen molar-refractivity contribution < 1.29 is 14.3 Å². The molecular formula is C5H8N2O3. The minimum Gasteiger partial charge on any atom is -0.453 e. The highest BCUT2D eigenvalue weighted by atomic mass is 16.5. The Morgan fingerprint density at radius 1 is 1.70 bits per heavy atom. The summed E-state index contributed by atoms with van der Waals surface area (Å²) in [6.45, 7) is 0.391. The number of nitrogens with zero attached hydrogens (tertiary/aromatic N) is 1. The van der Waals surface area contributed by atoms with E-state index in [9.17, 15) is 9.59 Å². The fourth-order valence-electron chi connectivity index (χ4n) is 0.702. The molecule has 2 N–H and O–H groups in total. The second-order valence-corrected chi connectivity index (χ2v) is 2.04. The van der Waals surface area contributed by atoms with Gasteiger partial charge in [0.15, 0.2) is 0 Å². The third-order valence-electron chi connectivity index (χ3n) is 1.35. The molecule has 0 bridgehead atoms. The van der Waals surface area contributed by atoms with E-state index in [-0.39, 0.29) is 0 Å². The van der Waals surface area contributed by atoms with Crippen molar-refractivity contribution in [2.24, 2.45) is 5.73 Å². The van der Waals surface area contributed by atoms with E-state index < -0.39 is 18.0 Å². The van der Waals surface area contributed by atoms with E-state index >= 15 is 0 Å². The molecule has 0 spiro atoms. The fraction of sp³-hybridized carbons (Fsp3) is 0.600. The zero-order valence-electron chi connectivity index (χ0n) is 5.53. The van der Waals surface area contributed by atoms with Crippen molar-refractivity contribution in [3.05, 3.63) is 0 Å². The number of hydrogen-bond acceptors (Lipinski definition) is 3. The molecular weight excluding hydrogens is 136 g/mol. The standard InChI is InChI=1S/C5H8N2O3/c1-10-5(9)7-2-3(7)4(6)8/h3H,2H2,1H3,(H2,6,8). The van der Waals surface area contributed by atoms with Gasteiger partial charge in [-0.25, -0.2) is 4.79 Å². The van der Waals surface area contributed by atoms with Gasteiger partial charge >= 0.3 is 6.09 Å². The minimum atomic E-state index is -0.496. The van der Waals surface area contributed by atoms with Gasteiger partial charge in [-0.15, -0.1) is 0 Å². The van der Waals surface area contributed by atoms with Crippen LogP contribution < -0.4 is 5.73 Å². The number of carbonyl (C=O) groups excluding carboxylic acids is 2. The van der Waals surface area contributed by atoms with Gasteiger partial charge < -0.3 is 10.5 Å². The van der Waals surface area contributed by atoms with Gasteiger partial charge in [0.2, 0.25) is 5.91 Å². The summed E-state index contributed by atoms with van der Waals surface area (Å²) in [4.78, 5) is 22.2. The Bertz CT molecular complexity index is 180. The van der Waals surface area contributed by atoms with Crippen molar-refractivity contribution in [2.75, 3.05) is 13.7 Å². The molecule has 2 amide bonds. The molecule has 1 aliphatic rings. The first-order valence-corrected chi connectivity index (χ1v) is 2.80. The van der Waals surface area contributed by atoms with Gasteiger partial charge in [-0.1, -0.05) is 0 Å². The van der Waals surface area contributed by atoms with Gasteiger partial charge in [0.05, 0.1) is 13.7 Å². The van der Waals surface area contributed by atoms with E-state index in [4.69, 9.17) is 5.73 Å². The maximum Gasteiger partial charge on any atom is 0.410 e. The van der Waals surface area contributed by atoms with Crippen molar-refractivity contribution in [2.45, 2.75) is 6.04 Å². The summed E-state index contributed by atoms with van der Waals surface area (Å²) >= 11 is 0. The molecule has 1 fully saturated rings. The second-order valence-electron chi connectivity index (χ2n) is 2.04. The molecule has 0 aromatic heterocycles. The van der Waals surface area contributed by atoms with E-state index in [2.05, 4.69) is 4.74 Å². The van der Waals surface area contributed by atoms with Gasteiger partial charge in [0.25, 0.3) is 0 Å². The second kappa shape index (κ2) is 2.17. The summed E-state index contributed by atoms with van der Waals surface area (Å²) in [5, 5.41) is 0. The van der Waals surface area contributed by atoms with E-state index in [1.165, 1.54) is 12.0 Å². The topological polar surface area (TPSA) is 72.4 Å². The molecule has 5 heteroatoms. The summed E-state index contributed by atoms with van der Waals surface area (Å²) in [6.07, 6.45) is -0.496. The van der Waals surface area contributed by atoms with Gasteiger partial charge in [0.1, 0.15) is 6.04 Å². The van der Waals surface area contributed by atoms with Crippen molar-refractivity contribution in [1.82, 2.24) is 4.90 Å². The number of methoxy groups -OCH3 is 1. The Labute approximate surface area is 57.7 Å². The van der Waals surface area contributed by atoms with Crippen LogP contribution in [0.4, 0.5) is 4.79 Å². The summed E-state index contributed by atoms with van der Waals surface area (Å²) in [6, 6.07) is -0.438. The van der Waals surface area contributed by atoms with E-state index in [1.54, 1.807) is 0 Å². The Hall–Kier alpha value is -1.26. The lowest BCUT2D eigenvalue weighted by Gasteiger charge is -1.97. The van der Waals surface area contributed by atoms with E-state index in [1.807, 2.05) is 0 Å². The van der Waals surface area contributed by atoms with Crippen molar-refractivity contribution >= 4 is 12.0 Å². The van der Waals surface area contributed by atoms with Crippen LogP contribution in [0.2, 0.25) is 0 Å². The van der Waals surface area contributed by atoms with Gasteiger partial charge in [-0.3, -0.25) is 9.69 Å². The lowest BCUT2D eigenvalue weighted by molar-refractivity contribution is -0.118. The normalized spacial score (nSPS) is 22.1. The number of ether oxygens (including phenoxy) is 1. The molecule has 1 aliphatic heterocycles. The van der Waals surface area contributed by atoms with Crippen LogP contribution in [0.15, 0.2) is 0 Å². The molecule has 10 heavy (non-hydrogen) atoms. The molecule has 1 saturated heterocycles. The van der Waals surface area contributed by atoms with Crippen LogP contribution in [0.25, 0.3) is 0 Å². The molecule has 0 aromatic rings. The minimum absolute atomic E-state index is 0.391. The monoisotopic (exact) mass is 144 g/mol. The summed E-state index contributed by atoms with van der Waals surface area (Å²) < 4.78 is 4.33. The summed E-state index contributed by atoms with van der Waals surface area (Å²) in [7, 11) is 1.26. The average Bonchev–Trinajstić information content (AvgIpc) is 2.64. The number of amides is 2. The molecule has 0 aromatic carbocycles. The Kier molecular flexibility index (Phi) is 1.48. The maximum absolute atomic E-state index is 10.6. The van der Waals surface area contributed by atoms with E-state index in [0.29, 0.717) is 6.54 Å². The van der Waals surface area contributed by atoms with Crippen molar-refractivity contribution in [3.63, 3.8) is 0 Å². The highest BCUT2D eigenvalue weighted by molar-refractivity contribution is 5.89. The number of rotatable bonds is 1. The average molecular weight is 144 g/mol. The van der Waals surface area contributed by atoms with Crippen LogP contribution in [0.1, 0.15) is 0 Å². The van der Waals surface area contributed by atoms with Crippen LogP contribution in [0.3, 0.4) is 0 Å². The first-order valence-electron chi connectivity index (χ1n) is 2.80. The lowest BCUT2D eigenvalue weighted by Crippen LogP contribution is -2.24. The van der Waals surface area contributed by atoms with Crippen LogP contribution in [-0.4, -0.2) is 36.6 Å². The molecule has 1 unspecified atom stereocenters. The molecule has 1 heterocycles. The van der Waals surface area contributed by atoms with Gasteiger partial charge in [-0.2, -0.15) is 0 Å². The highest BCUT2D eigenvalue weighted by Gasteiger charge is 2.43. The zero-order valence-corrected chi connectivity index (χ0v) is 5.53.